The molecule has 2 rings (SSSR count). The van der Waals surface area contributed by atoms with Gasteiger partial charge in [-0.15, -0.1) is 0 Å². The summed E-state index contributed by atoms with van der Waals surface area (Å²) in [5, 5.41) is 0. The van der Waals surface area contributed by atoms with Gasteiger partial charge in [0.1, 0.15) is 0 Å². The number of hydrazine groups is 1. The fraction of sp³-hybridized carbons (Fsp3) is 0.500. The summed E-state index contributed by atoms with van der Waals surface area (Å²) in [5.74, 6) is 3.75. The van der Waals surface area contributed by atoms with E-state index in [2.05, 4.69) is 5.43 Å². The molecule has 1 aliphatic rings. The summed E-state index contributed by atoms with van der Waals surface area (Å²) >= 11 is 0. The second kappa shape index (κ2) is 5.53. The minimum atomic E-state index is -0.852. The van der Waals surface area contributed by atoms with Crippen molar-refractivity contribution >= 4 is 0 Å². The van der Waals surface area contributed by atoms with Crippen molar-refractivity contribution in [3.63, 3.8) is 0 Å². The number of rotatable bonds is 4. The zero-order valence-corrected chi connectivity index (χ0v) is 9.46. The molecule has 1 aromatic carbocycles. The second-order valence-electron chi connectivity index (χ2n) is 4.26. The molecular formula is C12H16F2N2O. The Hall–Kier alpha value is -1.04. The maximum atomic E-state index is 13.1. The summed E-state index contributed by atoms with van der Waals surface area (Å²) in [7, 11) is 0. The first kappa shape index (κ1) is 12.4. The normalized spacial score (nSPS) is 21.7. The molecule has 17 heavy (non-hydrogen) atoms. The highest BCUT2D eigenvalue weighted by molar-refractivity contribution is 5.21. The quantitative estimate of drug-likeness (QED) is 0.627. The molecular weight excluding hydrogens is 226 g/mol. The minimum absolute atomic E-state index is 0.143. The van der Waals surface area contributed by atoms with Gasteiger partial charge in [0.2, 0.25) is 0 Å². The molecule has 0 saturated carbocycles. The number of nitrogens with two attached hydrogens (primary N) is 1. The third-order valence-electron chi connectivity index (χ3n) is 3.07. The monoisotopic (exact) mass is 242 g/mol. The minimum Gasteiger partial charge on any atom is -0.378 e. The van der Waals surface area contributed by atoms with Gasteiger partial charge >= 0.3 is 0 Å². The Labute approximate surface area is 98.9 Å². The van der Waals surface area contributed by atoms with E-state index in [9.17, 15) is 8.78 Å². The van der Waals surface area contributed by atoms with E-state index in [-0.39, 0.29) is 12.1 Å². The van der Waals surface area contributed by atoms with E-state index >= 15 is 0 Å². The molecule has 0 spiro atoms. The van der Waals surface area contributed by atoms with Gasteiger partial charge in [-0.3, -0.25) is 11.3 Å². The van der Waals surface area contributed by atoms with Gasteiger partial charge in [0.05, 0.1) is 6.10 Å². The van der Waals surface area contributed by atoms with E-state index in [1.54, 1.807) is 0 Å². The standard InChI is InChI=1S/C12H16F2N2O/c13-10-4-3-8(6-11(10)14)12(16-15)7-9-2-1-5-17-9/h3-4,6,9,12,16H,1-2,5,7,15H2. The molecule has 0 amide bonds. The van der Waals surface area contributed by atoms with Crippen LogP contribution >= 0.6 is 0 Å². The third kappa shape index (κ3) is 3.00. The number of hydrogen-bond acceptors (Lipinski definition) is 3. The van der Waals surface area contributed by atoms with Crippen molar-refractivity contribution in [2.75, 3.05) is 6.61 Å². The molecule has 2 atom stereocenters. The zero-order valence-electron chi connectivity index (χ0n) is 9.46. The summed E-state index contributed by atoms with van der Waals surface area (Å²) in [4.78, 5) is 0. The van der Waals surface area contributed by atoms with E-state index < -0.39 is 11.6 Å². The predicted octanol–water partition coefficient (Wildman–Crippen LogP) is 2.04. The van der Waals surface area contributed by atoms with Crippen LogP contribution in [0.1, 0.15) is 30.9 Å². The molecule has 2 unspecified atom stereocenters. The third-order valence-corrected chi connectivity index (χ3v) is 3.07. The van der Waals surface area contributed by atoms with Crippen LogP contribution in [0.2, 0.25) is 0 Å². The van der Waals surface area contributed by atoms with Crippen molar-refractivity contribution in [2.24, 2.45) is 5.84 Å². The molecule has 0 bridgehead atoms. The summed E-state index contributed by atoms with van der Waals surface area (Å²) in [6.45, 7) is 0.764. The van der Waals surface area contributed by atoms with Gasteiger partial charge < -0.3 is 4.74 Å². The molecule has 3 nitrogen and oxygen atoms in total. The molecule has 0 radical (unpaired) electrons. The second-order valence-corrected chi connectivity index (χ2v) is 4.26. The molecule has 5 heteroatoms. The highest BCUT2D eigenvalue weighted by Gasteiger charge is 2.21. The summed E-state index contributed by atoms with van der Waals surface area (Å²) in [6, 6.07) is 3.62. The number of ether oxygens (including phenoxy) is 1. The molecule has 0 aliphatic carbocycles. The van der Waals surface area contributed by atoms with E-state index in [0.29, 0.717) is 12.0 Å². The first-order valence-electron chi connectivity index (χ1n) is 5.73. The lowest BCUT2D eigenvalue weighted by atomic mass is 10.00. The van der Waals surface area contributed by atoms with Gasteiger partial charge in [-0.1, -0.05) is 6.07 Å². The molecule has 94 valence electrons. The van der Waals surface area contributed by atoms with E-state index in [1.807, 2.05) is 0 Å². The number of hydrogen-bond donors (Lipinski definition) is 2. The van der Waals surface area contributed by atoms with Crippen molar-refractivity contribution in [3.8, 4) is 0 Å². The number of halogens is 2. The van der Waals surface area contributed by atoms with Crippen molar-refractivity contribution in [2.45, 2.75) is 31.4 Å². The highest BCUT2D eigenvalue weighted by atomic mass is 19.2. The van der Waals surface area contributed by atoms with Crippen LogP contribution in [0, 0.1) is 11.6 Å². The first-order chi connectivity index (χ1) is 8.20. The van der Waals surface area contributed by atoms with Crippen molar-refractivity contribution < 1.29 is 13.5 Å². The Bertz CT molecular complexity index is 381. The average Bonchev–Trinajstić information content (AvgIpc) is 2.82. The molecule has 0 aromatic heterocycles. The van der Waals surface area contributed by atoms with Crippen LogP contribution in [0.4, 0.5) is 8.78 Å². The molecule has 3 N–H and O–H groups in total. The predicted molar refractivity (Wildman–Crippen MR) is 60.0 cm³/mol. The SMILES string of the molecule is NNC(CC1CCCO1)c1ccc(F)c(F)c1. The Morgan fingerprint density at radius 3 is 2.82 bits per heavy atom. The smallest absolute Gasteiger partial charge is 0.159 e. The summed E-state index contributed by atoms with van der Waals surface area (Å²) in [6.07, 6.45) is 2.84. The van der Waals surface area contributed by atoms with Crippen molar-refractivity contribution in [1.82, 2.24) is 5.43 Å². The Morgan fingerprint density at radius 1 is 1.41 bits per heavy atom. The topological polar surface area (TPSA) is 47.3 Å². The van der Waals surface area contributed by atoms with Crippen LogP contribution in [0.25, 0.3) is 0 Å². The fourth-order valence-corrected chi connectivity index (χ4v) is 2.12. The maximum Gasteiger partial charge on any atom is 0.159 e. The van der Waals surface area contributed by atoms with Crippen LogP contribution in [-0.4, -0.2) is 12.7 Å². The van der Waals surface area contributed by atoms with Gasteiger partial charge in [-0.2, -0.15) is 0 Å². The van der Waals surface area contributed by atoms with Crippen LogP contribution in [0.15, 0.2) is 18.2 Å². The van der Waals surface area contributed by atoms with Crippen LogP contribution in [0.3, 0.4) is 0 Å². The maximum absolute atomic E-state index is 13.1. The molecule has 1 heterocycles. The average molecular weight is 242 g/mol. The Kier molecular flexibility index (Phi) is 4.04. The Morgan fingerprint density at radius 2 is 2.24 bits per heavy atom. The highest BCUT2D eigenvalue weighted by Crippen LogP contribution is 2.25. The molecule has 1 aromatic rings. The number of benzene rings is 1. The van der Waals surface area contributed by atoms with Crippen molar-refractivity contribution in [3.05, 3.63) is 35.4 Å². The lowest BCUT2D eigenvalue weighted by Gasteiger charge is -2.20. The zero-order chi connectivity index (χ0) is 12.3. The lowest BCUT2D eigenvalue weighted by Crippen LogP contribution is -2.31. The Balaban J connectivity index is 2.08. The molecule has 1 aliphatic heterocycles. The van der Waals surface area contributed by atoms with Crippen LogP contribution in [0.5, 0.6) is 0 Å². The lowest BCUT2D eigenvalue weighted by molar-refractivity contribution is 0.0945. The van der Waals surface area contributed by atoms with Crippen LogP contribution < -0.4 is 11.3 Å². The molecule has 1 fully saturated rings. The van der Waals surface area contributed by atoms with Crippen molar-refractivity contribution in [1.29, 1.82) is 0 Å². The fourth-order valence-electron chi connectivity index (χ4n) is 2.12. The summed E-state index contributed by atoms with van der Waals surface area (Å²) in [5.41, 5.74) is 3.26. The van der Waals surface area contributed by atoms with Gasteiger partial charge in [-0.05, 0) is 37.0 Å². The summed E-state index contributed by atoms with van der Waals surface area (Å²) < 4.78 is 31.4. The van der Waals surface area contributed by atoms with Gasteiger partial charge in [0, 0.05) is 12.6 Å². The van der Waals surface area contributed by atoms with E-state index in [0.717, 1.165) is 25.5 Å². The number of nitrogens with one attached hydrogen (secondary N) is 1. The largest absolute Gasteiger partial charge is 0.378 e. The first-order valence-corrected chi connectivity index (χ1v) is 5.73. The van der Waals surface area contributed by atoms with E-state index in [4.69, 9.17) is 10.6 Å². The van der Waals surface area contributed by atoms with Crippen LogP contribution in [-0.2, 0) is 4.74 Å². The van der Waals surface area contributed by atoms with Gasteiger partial charge in [-0.25, -0.2) is 8.78 Å². The van der Waals surface area contributed by atoms with Gasteiger partial charge in [0.25, 0.3) is 0 Å². The van der Waals surface area contributed by atoms with E-state index in [1.165, 1.54) is 12.1 Å². The molecule has 1 saturated heterocycles. The van der Waals surface area contributed by atoms with Gasteiger partial charge in [0.15, 0.2) is 11.6 Å².